The molecule has 3 N–H and O–H groups in total. The zero-order chi connectivity index (χ0) is 21.0. The Morgan fingerprint density at radius 1 is 0.862 bits per heavy atom. The van der Waals surface area contributed by atoms with Gasteiger partial charge in [-0.25, -0.2) is 8.42 Å². The summed E-state index contributed by atoms with van der Waals surface area (Å²) in [6, 6.07) is 13.7. The number of carbonyl (C=O) groups is 2. The molecule has 1 aromatic heterocycles. The second-order valence-corrected chi connectivity index (χ2v) is 7.95. The van der Waals surface area contributed by atoms with Crippen molar-refractivity contribution in [3.63, 3.8) is 0 Å². The summed E-state index contributed by atoms with van der Waals surface area (Å²) in [6.45, 7) is 3.73. The van der Waals surface area contributed by atoms with E-state index in [1.807, 2.05) is 19.9 Å². The average molecular weight is 413 g/mol. The molecule has 0 radical (unpaired) electrons. The number of hydrogen-bond donors (Lipinski definition) is 3. The van der Waals surface area contributed by atoms with Crippen molar-refractivity contribution < 1.29 is 22.4 Å². The van der Waals surface area contributed by atoms with Gasteiger partial charge in [0.05, 0.1) is 16.8 Å². The molecule has 0 fully saturated rings. The molecule has 0 atom stereocenters. The number of sulfonamides is 1. The fourth-order valence-corrected chi connectivity index (χ4v) is 3.63. The third-order valence-corrected chi connectivity index (χ3v) is 5.69. The van der Waals surface area contributed by atoms with Crippen LogP contribution in [0, 0.1) is 13.8 Å². The van der Waals surface area contributed by atoms with Crippen LogP contribution in [0.1, 0.15) is 32.0 Å². The van der Waals surface area contributed by atoms with Gasteiger partial charge in [0.25, 0.3) is 15.9 Å². The van der Waals surface area contributed by atoms with Crippen molar-refractivity contribution in [1.82, 2.24) is 10.9 Å². The highest BCUT2D eigenvalue weighted by atomic mass is 32.2. The Hall–Kier alpha value is -3.59. The van der Waals surface area contributed by atoms with E-state index >= 15 is 0 Å². The summed E-state index contributed by atoms with van der Waals surface area (Å²) in [5.74, 6) is -1.17. The smallest absolute Gasteiger partial charge is 0.305 e. The van der Waals surface area contributed by atoms with Crippen molar-refractivity contribution in [1.29, 1.82) is 0 Å². The molecule has 0 unspecified atom stereocenters. The van der Waals surface area contributed by atoms with Crippen molar-refractivity contribution in [3.8, 4) is 0 Å². The van der Waals surface area contributed by atoms with E-state index in [4.69, 9.17) is 4.42 Å². The summed E-state index contributed by atoms with van der Waals surface area (Å²) in [7, 11) is -3.81. The molecule has 0 aliphatic heterocycles. The minimum atomic E-state index is -3.81. The van der Waals surface area contributed by atoms with Gasteiger partial charge >= 0.3 is 5.91 Å². The number of hydrogen-bond acceptors (Lipinski definition) is 5. The van der Waals surface area contributed by atoms with Gasteiger partial charge < -0.3 is 4.42 Å². The third-order valence-electron chi connectivity index (χ3n) is 4.31. The third kappa shape index (κ3) is 4.64. The summed E-state index contributed by atoms with van der Waals surface area (Å²) in [5, 5.41) is 0. The van der Waals surface area contributed by atoms with Crippen molar-refractivity contribution in [3.05, 3.63) is 83.3 Å². The minimum Gasteiger partial charge on any atom is -0.459 e. The lowest BCUT2D eigenvalue weighted by Gasteiger charge is -2.12. The predicted octanol–water partition coefficient (Wildman–Crippen LogP) is 2.77. The molecule has 29 heavy (non-hydrogen) atoms. The first kappa shape index (κ1) is 20.2. The number of benzene rings is 2. The van der Waals surface area contributed by atoms with Crippen LogP contribution >= 0.6 is 0 Å². The summed E-state index contributed by atoms with van der Waals surface area (Å²) < 4.78 is 32.7. The van der Waals surface area contributed by atoms with Crippen molar-refractivity contribution in [2.75, 3.05) is 4.72 Å². The van der Waals surface area contributed by atoms with Crippen molar-refractivity contribution in [2.45, 2.75) is 18.7 Å². The molecular weight excluding hydrogens is 394 g/mol. The van der Waals surface area contributed by atoms with E-state index in [1.54, 1.807) is 18.2 Å². The van der Waals surface area contributed by atoms with Crippen LogP contribution in [0.4, 0.5) is 5.69 Å². The normalized spacial score (nSPS) is 11.0. The monoisotopic (exact) mass is 413 g/mol. The molecule has 0 spiro atoms. The van der Waals surface area contributed by atoms with Gasteiger partial charge in [-0.2, -0.15) is 0 Å². The van der Waals surface area contributed by atoms with E-state index in [-0.39, 0.29) is 16.2 Å². The Bertz CT molecular complexity index is 1140. The van der Waals surface area contributed by atoms with Crippen LogP contribution in [0.15, 0.2) is 70.2 Å². The molecule has 150 valence electrons. The Morgan fingerprint density at radius 2 is 1.55 bits per heavy atom. The number of nitrogens with one attached hydrogen (secondary N) is 3. The highest BCUT2D eigenvalue weighted by molar-refractivity contribution is 7.92. The summed E-state index contributed by atoms with van der Waals surface area (Å²) >= 11 is 0. The molecular formula is C20H19N3O5S. The molecule has 2 aromatic carbocycles. The van der Waals surface area contributed by atoms with Crippen molar-refractivity contribution in [2.24, 2.45) is 0 Å². The predicted molar refractivity (Wildman–Crippen MR) is 107 cm³/mol. The molecule has 0 saturated carbocycles. The average Bonchev–Trinajstić information content (AvgIpc) is 3.24. The molecule has 8 nitrogen and oxygen atoms in total. The minimum absolute atomic E-state index is 0.00887. The molecule has 3 rings (SSSR count). The number of amides is 2. The maximum Gasteiger partial charge on any atom is 0.305 e. The number of carbonyl (C=O) groups excluding carboxylic acids is 2. The highest BCUT2D eigenvalue weighted by Crippen LogP contribution is 2.22. The highest BCUT2D eigenvalue weighted by Gasteiger charge is 2.17. The quantitative estimate of drug-likeness (QED) is 0.556. The van der Waals surface area contributed by atoms with E-state index in [2.05, 4.69) is 15.6 Å². The van der Waals surface area contributed by atoms with Crippen LogP contribution in [0.25, 0.3) is 0 Å². The van der Waals surface area contributed by atoms with Crippen LogP contribution in [-0.2, 0) is 10.0 Å². The Kier molecular flexibility index (Phi) is 5.69. The van der Waals surface area contributed by atoms with Crippen LogP contribution in [0.3, 0.4) is 0 Å². The number of rotatable bonds is 5. The maximum absolute atomic E-state index is 12.6. The largest absolute Gasteiger partial charge is 0.459 e. The van der Waals surface area contributed by atoms with E-state index in [9.17, 15) is 18.0 Å². The van der Waals surface area contributed by atoms with E-state index in [1.165, 1.54) is 36.6 Å². The molecule has 0 aliphatic carbocycles. The molecule has 0 aliphatic rings. The zero-order valence-corrected chi connectivity index (χ0v) is 16.5. The SMILES string of the molecule is Cc1cccc(NS(=O)(=O)c2ccc(C(=O)NNC(=O)c3ccco3)cc2)c1C. The van der Waals surface area contributed by atoms with Gasteiger partial charge in [-0.15, -0.1) is 0 Å². The Morgan fingerprint density at radius 3 is 2.21 bits per heavy atom. The van der Waals surface area contributed by atoms with Crippen LogP contribution in [0.2, 0.25) is 0 Å². The van der Waals surface area contributed by atoms with Gasteiger partial charge in [0.15, 0.2) is 5.76 Å². The number of aryl methyl sites for hydroxylation is 1. The van der Waals surface area contributed by atoms with Gasteiger partial charge in [0.1, 0.15) is 0 Å². The second-order valence-electron chi connectivity index (χ2n) is 6.26. The maximum atomic E-state index is 12.6. The zero-order valence-electron chi connectivity index (χ0n) is 15.7. The molecule has 1 heterocycles. The fourth-order valence-electron chi connectivity index (χ4n) is 2.51. The van der Waals surface area contributed by atoms with Crippen LogP contribution in [-0.4, -0.2) is 20.2 Å². The van der Waals surface area contributed by atoms with Gasteiger partial charge in [0, 0.05) is 5.56 Å². The lowest BCUT2D eigenvalue weighted by molar-refractivity contribution is 0.0831. The number of hydrazine groups is 1. The van der Waals surface area contributed by atoms with E-state index < -0.39 is 21.8 Å². The first-order valence-corrected chi connectivity index (χ1v) is 10.1. The topological polar surface area (TPSA) is 118 Å². The van der Waals surface area contributed by atoms with Crippen molar-refractivity contribution >= 4 is 27.5 Å². The molecule has 9 heteroatoms. The number of anilines is 1. The molecule has 0 saturated heterocycles. The van der Waals surface area contributed by atoms with Crippen LogP contribution in [0.5, 0.6) is 0 Å². The summed E-state index contributed by atoms with van der Waals surface area (Å²) in [6.07, 6.45) is 1.34. The van der Waals surface area contributed by atoms with Gasteiger partial charge in [-0.05, 0) is 67.4 Å². The standard InChI is InChI=1S/C20H19N3O5S/c1-13-5-3-6-17(14(13)2)23-29(26,27)16-10-8-15(9-11-16)19(24)21-22-20(25)18-7-4-12-28-18/h3-12,23H,1-2H3,(H,21,24)(H,22,25). The summed E-state index contributed by atoms with van der Waals surface area (Å²) in [4.78, 5) is 23.9. The number of furan rings is 1. The summed E-state index contributed by atoms with van der Waals surface area (Å²) in [5.41, 5.74) is 6.91. The van der Waals surface area contributed by atoms with Gasteiger partial charge in [-0.3, -0.25) is 25.2 Å². The lowest BCUT2D eigenvalue weighted by atomic mass is 10.1. The Labute approximate surface area is 168 Å². The Balaban J connectivity index is 1.67. The van der Waals surface area contributed by atoms with Crippen LogP contribution < -0.4 is 15.6 Å². The lowest BCUT2D eigenvalue weighted by Crippen LogP contribution is -2.41. The van der Waals surface area contributed by atoms with Gasteiger partial charge in [0.2, 0.25) is 0 Å². The molecule has 2 amide bonds. The second kappa shape index (κ2) is 8.19. The molecule has 3 aromatic rings. The van der Waals surface area contributed by atoms with E-state index in [0.29, 0.717) is 5.69 Å². The molecule has 0 bridgehead atoms. The van der Waals surface area contributed by atoms with E-state index in [0.717, 1.165) is 11.1 Å². The first-order valence-electron chi connectivity index (χ1n) is 8.61. The fraction of sp³-hybridized carbons (Fsp3) is 0.100. The van der Waals surface area contributed by atoms with Gasteiger partial charge in [-0.1, -0.05) is 12.1 Å². The first-order chi connectivity index (χ1) is 13.8.